The molecule has 2 heterocycles. The minimum Gasteiger partial charge on any atom is -0.492 e. The molecule has 0 spiro atoms. The Hall–Kier alpha value is -3.19. The Morgan fingerprint density at radius 3 is 2.55 bits per heavy atom. The number of carbonyl (C=O) groups is 1. The van der Waals surface area contributed by atoms with E-state index in [0.29, 0.717) is 55.9 Å². The molecule has 6 nitrogen and oxygen atoms in total. The standard InChI is InChI=1S/C31H26Cl3NO5/c1-16(19-12-18-10-11-38-29(18)22(13-19)31(36)37-2)21-9-8-20(14-26(21)34)39-15-23-28(35-40-30(23)17-6-7-17)27-24(32)4-3-5-25(27)33/h3-5,8-9,12-14,16-17H,6-7,10-11,15H2,1-2H3. The van der Waals surface area contributed by atoms with Gasteiger partial charge in [0.05, 0.1) is 29.3 Å². The SMILES string of the molecule is COC(=O)c1cc(C(C)c2ccc(OCc3c(-c4c(Cl)cccc4Cl)noc3C3CC3)cc2Cl)cc2c1OCC2. The summed E-state index contributed by atoms with van der Waals surface area (Å²) in [7, 11) is 1.37. The Bertz CT molecular complexity index is 1590. The molecule has 1 atom stereocenters. The van der Waals surface area contributed by atoms with E-state index < -0.39 is 5.97 Å². The highest BCUT2D eigenvalue weighted by molar-refractivity contribution is 6.39. The van der Waals surface area contributed by atoms with Gasteiger partial charge in [-0.05, 0) is 59.9 Å². The summed E-state index contributed by atoms with van der Waals surface area (Å²) in [5.74, 6) is 1.85. The lowest BCUT2D eigenvalue weighted by atomic mass is 9.90. The molecule has 206 valence electrons. The van der Waals surface area contributed by atoms with Crippen molar-refractivity contribution in [1.82, 2.24) is 5.16 Å². The summed E-state index contributed by atoms with van der Waals surface area (Å²) < 4.78 is 22.6. The van der Waals surface area contributed by atoms with Gasteiger partial charge in [0.2, 0.25) is 0 Å². The quantitative estimate of drug-likeness (QED) is 0.189. The van der Waals surface area contributed by atoms with E-state index in [1.165, 1.54) is 7.11 Å². The number of halogens is 3. The fourth-order valence-corrected chi connectivity index (χ4v) is 6.09. The highest BCUT2D eigenvalue weighted by Gasteiger charge is 2.34. The summed E-state index contributed by atoms with van der Waals surface area (Å²) in [6.07, 6.45) is 2.83. The van der Waals surface area contributed by atoms with Crippen molar-refractivity contribution in [1.29, 1.82) is 0 Å². The van der Waals surface area contributed by atoms with Crippen LogP contribution in [0.3, 0.4) is 0 Å². The molecule has 0 amide bonds. The van der Waals surface area contributed by atoms with Crippen molar-refractivity contribution in [3.8, 4) is 22.8 Å². The molecule has 1 unspecified atom stereocenters. The summed E-state index contributed by atoms with van der Waals surface area (Å²) in [4.78, 5) is 12.4. The van der Waals surface area contributed by atoms with E-state index in [0.717, 1.165) is 47.3 Å². The lowest BCUT2D eigenvalue weighted by Crippen LogP contribution is -2.07. The number of esters is 1. The number of carbonyl (C=O) groups excluding carboxylic acids is 1. The topological polar surface area (TPSA) is 70.8 Å². The maximum atomic E-state index is 12.4. The predicted molar refractivity (Wildman–Crippen MR) is 154 cm³/mol. The van der Waals surface area contributed by atoms with E-state index in [1.54, 1.807) is 24.3 Å². The third-order valence-corrected chi connectivity index (χ3v) is 8.46. The number of ether oxygens (including phenoxy) is 3. The highest BCUT2D eigenvalue weighted by Crippen LogP contribution is 2.46. The zero-order valence-corrected chi connectivity index (χ0v) is 24.2. The monoisotopic (exact) mass is 597 g/mol. The number of hydrogen-bond donors (Lipinski definition) is 0. The molecule has 0 radical (unpaired) electrons. The number of fused-ring (bicyclic) bond motifs is 1. The molecule has 3 aromatic carbocycles. The van der Waals surface area contributed by atoms with Crippen LogP contribution in [0.25, 0.3) is 11.3 Å². The van der Waals surface area contributed by atoms with Gasteiger partial charge in [-0.3, -0.25) is 0 Å². The van der Waals surface area contributed by atoms with Crippen LogP contribution in [0.15, 0.2) is 53.1 Å². The maximum Gasteiger partial charge on any atom is 0.341 e. The number of aromatic nitrogens is 1. The second-order valence-electron chi connectivity index (χ2n) is 10.1. The zero-order valence-electron chi connectivity index (χ0n) is 21.9. The Labute approximate surface area is 247 Å². The smallest absolute Gasteiger partial charge is 0.341 e. The summed E-state index contributed by atoms with van der Waals surface area (Å²) in [6, 6.07) is 14.9. The first-order valence-electron chi connectivity index (χ1n) is 13.1. The van der Waals surface area contributed by atoms with E-state index in [2.05, 4.69) is 18.1 Å². The average Bonchev–Trinajstić information content (AvgIpc) is 3.53. The van der Waals surface area contributed by atoms with Gasteiger partial charge in [-0.1, -0.05) is 65.1 Å². The first-order valence-corrected chi connectivity index (χ1v) is 14.2. The van der Waals surface area contributed by atoms with Crippen LogP contribution in [-0.2, 0) is 17.8 Å². The highest BCUT2D eigenvalue weighted by atomic mass is 35.5. The first-order chi connectivity index (χ1) is 19.4. The van der Waals surface area contributed by atoms with Gasteiger partial charge < -0.3 is 18.7 Å². The van der Waals surface area contributed by atoms with Gasteiger partial charge >= 0.3 is 5.97 Å². The van der Waals surface area contributed by atoms with E-state index >= 15 is 0 Å². The number of rotatable bonds is 8. The van der Waals surface area contributed by atoms with Gasteiger partial charge in [0.25, 0.3) is 0 Å². The van der Waals surface area contributed by atoms with Gasteiger partial charge in [-0.15, -0.1) is 0 Å². The van der Waals surface area contributed by atoms with Crippen LogP contribution in [0.5, 0.6) is 11.5 Å². The molecule has 0 bridgehead atoms. The fourth-order valence-electron chi connectivity index (χ4n) is 5.18. The number of hydrogen-bond acceptors (Lipinski definition) is 6. The van der Waals surface area contributed by atoms with Crippen LogP contribution in [0, 0.1) is 0 Å². The Kier molecular flexibility index (Phi) is 7.43. The van der Waals surface area contributed by atoms with Crippen LogP contribution in [-0.4, -0.2) is 24.8 Å². The van der Waals surface area contributed by atoms with Crippen molar-refractivity contribution < 1.29 is 23.5 Å². The molecule has 1 aliphatic carbocycles. The number of nitrogens with zero attached hydrogens (tertiary/aromatic N) is 1. The van der Waals surface area contributed by atoms with Crippen LogP contribution >= 0.6 is 34.8 Å². The van der Waals surface area contributed by atoms with Crippen molar-refractivity contribution in [3.05, 3.63) is 97.2 Å². The molecule has 1 fully saturated rings. The summed E-state index contributed by atoms with van der Waals surface area (Å²) in [6.45, 7) is 2.83. The lowest BCUT2D eigenvalue weighted by molar-refractivity contribution is 0.0597. The lowest BCUT2D eigenvalue weighted by Gasteiger charge is -2.18. The molecule has 0 saturated heterocycles. The predicted octanol–water partition coefficient (Wildman–Crippen LogP) is 8.63. The first kappa shape index (κ1) is 27.0. The molecule has 0 N–H and O–H groups in total. The van der Waals surface area contributed by atoms with E-state index in [1.807, 2.05) is 18.2 Å². The molecule has 2 aliphatic rings. The third-order valence-electron chi connectivity index (χ3n) is 7.50. The molecule has 1 aliphatic heterocycles. The fraction of sp³-hybridized carbons (Fsp3) is 0.290. The minimum atomic E-state index is -0.418. The molecule has 6 rings (SSSR count). The Morgan fingerprint density at radius 2 is 1.85 bits per heavy atom. The van der Waals surface area contributed by atoms with E-state index in [9.17, 15) is 4.79 Å². The van der Waals surface area contributed by atoms with E-state index in [-0.39, 0.29) is 12.5 Å². The van der Waals surface area contributed by atoms with Crippen LogP contribution in [0.2, 0.25) is 15.1 Å². The number of benzene rings is 3. The second kappa shape index (κ2) is 11.0. The molecule has 9 heteroatoms. The van der Waals surface area contributed by atoms with Crippen molar-refractivity contribution in [3.63, 3.8) is 0 Å². The van der Waals surface area contributed by atoms with Gasteiger partial charge in [-0.2, -0.15) is 0 Å². The van der Waals surface area contributed by atoms with Crippen LogP contribution < -0.4 is 9.47 Å². The van der Waals surface area contributed by atoms with Crippen LogP contribution in [0.1, 0.15) is 70.0 Å². The normalized spacial score (nSPS) is 14.9. The van der Waals surface area contributed by atoms with Gasteiger partial charge in [0, 0.05) is 28.8 Å². The molecular formula is C31H26Cl3NO5. The molecule has 1 aromatic heterocycles. The van der Waals surface area contributed by atoms with Crippen molar-refractivity contribution in [2.75, 3.05) is 13.7 Å². The third kappa shape index (κ3) is 5.05. The van der Waals surface area contributed by atoms with Crippen molar-refractivity contribution in [2.45, 2.75) is 44.6 Å². The molecular weight excluding hydrogens is 573 g/mol. The molecule has 4 aromatic rings. The second-order valence-corrected chi connectivity index (χ2v) is 11.3. The molecule has 1 saturated carbocycles. The molecule has 40 heavy (non-hydrogen) atoms. The Morgan fingerprint density at radius 1 is 1.07 bits per heavy atom. The van der Waals surface area contributed by atoms with Gasteiger partial charge in [-0.25, -0.2) is 4.79 Å². The Balaban J connectivity index is 1.26. The minimum absolute atomic E-state index is 0.0793. The van der Waals surface area contributed by atoms with Crippen LogP contribution in [0.4, 0.5) is 0 Å². The number of methoxy groups -OCH3 is 1. The largest absolute Gasteiger partial charge is 0.492 e. The summed E-state index contributed by atoms with van der Waals surface area (Å²) in [5.41, 5.74) is 5.36. The van der Waals surface area contributed by atoms with Crippen molar-refractivity contribution >= 4 is 40.8 Å². The van der Waals surface area contributed by atoms with E-state index in [4.69, 9.17) is 53.5 Å². The van der Waals surface area contributed by atoms with Crippen molar-refractivity contribution in [2.24, 2.45) is 0 Å². The van der Waals surface area contributed by atoms with Gasteiger partial charge in [0.15, 0.2) is 0 Å². The van der Waals surface area contributed by atoms with Gasteiger partial charge in [0.1, 0.15) is 35.1 Å². The summed E-state index contributed by atoms with van der Waals surface area (Å²) >= 11 is 19.8. The zero-order chi connectivity index (χ0) is 28.0. The summed E-state index contributed by atoms with van der Waals surface area (Å²) in [5, 5.41) is 5.89. The maximum absolute atomic E-state index is 12.4. The average molecular weight is 599 g/mol.